The van der Waals surface area contributed by atoms with E-state index in [-0.39, 0.29) is 29.8 Å². The van der Waals surface area contributed by atoms with Gasteiger partial charge in [0.2, 0.25) is 0 Å². The number of carbonyl (C=O) groups excluding carboxylic acids is 1. The summed E-state index contributed by atoms with van der Waals surface area (Å²) in [5, 5.41) is 2.73. The lowest BCUT2D eigenvalue weighted by molar-refractivity contribution is -0.274. The third kappa shape index (κ3) is 7.37. The van der Waals surface area contributed by atoms with Crippen LogP contribution in [0.4, 0.5) is 42.0 Å². The fourth-order valence-corrected chi connectivity index (χ4v) is 3.74. The van der Waals surface area contributed by atoms with Gasteiger partial charge in [0.25, 0.3) is 0 Å². The predicted molar refractivity (Wildman–Crippen MR) is 120 cm³/mol. The molecule has 0 unspecified atom stereocenters. The molecule has 1 aromatic heterocycles. The first-order valence-electron chi connectivity index (χ1n) is 9.39. The van der Waals surface area contributed by atoms with Crippen LogP contribution in [0.5, 0.6) is 5.75 Å². The largest absolute Gasteiger partial charge is 0.573 e. The summed E-state index contributed by atoms with van der Waals surface area (Å²) in [6.45, 7) is 0.601. The predicted octanol–water partition coefficient (Wildman–Crippen LogP) is 6.24. The average molecular weight is 529 g/mol. The molecule has 0 aliphatic carbocycles. The van der Waals surface area contributed by atoms with Crippen molar-refractivity contribution in [2.75, 3.05) is 37.4 Å². The van der Waals surface area contributed by atoms with E-state index in [4.69, 9.17) is 0 Å². The number of thiazole rings is 1. The molecule has 0 aliphatic heterocycles. The fraction of sp³-hybridized carbons (Fsp3) is 0.300. The zero-order valence-electron chi connectivity index (χ0n) is 17.7. The van der Waals surface area contributed by atoms with Gasteiger partial charge in [0.05, 0.1) is 15.8 Å². The minimum absolute atomic E-state index is 0. The molecule has 3 rings (SSSR count). The number of nitrogens with one attached hydrogen (secondary N) is 1. The molecule has 6 nitrogen and oxygen atoms in total. The van der Waals surface area contributed by atoms with E-state index in [1.54, 1.807) is 19.0 Å². The summed E-state index contributed by atoms with van der Waals surface area (Å²) in [4.78, 5) is 20.3. The highest BCUT2D eigenvalue weighted by atomic mass is 35.5. The maximum Gasteiger partial charge on any atom is 0.573 e. The SMILES string of the molecule is CN(C)CCN(C(=O)Nc1ccc(C(F)(F)F)cc1)c1nc2ccc(OC(F)(F)F)cc2s1.Cl. The molecule has 1 N–H and O–H groups in total. The molecular formula is C20H19ClF6N4O2S. The van der Waals surface area contributed by atoms with Gasteiger partial charge in [-0.3, -0.25) is 4.90 Å². The van der Waals surface area contributed by atoms with Gasteiger partial charge in [0.1, 0.15) is 5.75 Å². The van der Waals surface area contributed by atoms with Gasteiger partial charge < -0.3 is 15.0 Å². The molecule has 14 heteroatoms. The van der Waals surface area contributed by atoms with E-state index in [1.165, 1.54) is 17.0 Å². The van der Waals surface area contributed by atoms with Crippen molar-refractivity contribution in [2.24, 2.45) is 0 Å². The molecule has 186 valence electrons. The van der Waals surface area contributed by atoms with Gasteiger partial charge in [0, 0.05) is 24.8 Å². The van der Waals surface area contributed by atoms with E-state index < -0.39 is 29.9 Å². The van der Waals surface area contributed by atoms with Crippen LogP contribution in [0.15, 0.2) is 42.5 Å². The van der Waals surface area contributed by atoms with Crippen molar-refractivity contribution in [1.82, 2.24) is 9.88 Å². The lowest BCUT2D eigenvalue weighted by Gasteiger charge is -2.22. The number of amides is 2. The first kappa shape index (κ1) is 27.5. The van der Waals surface area contributed by atoms with Crippen molar-refractivity contribution >= 4 is 50.8 Å². The van der Waals surface area contributed by atoms with Gasteiger partial charge in [-0.1, -0.05) is 11.3 Å². The molecule has 2 amide bonds. The lowest BCUT2D eigenvalue weighted by atomic mass is 10.2. The zero-order chi connectivity index (χ0) is 24.4. The Morgan fingerprint density at radius 3 is 2.24 bits per heavy atom. The number of alkyl halides is 6. The van der Waals surface area contributed by atoms with E-state index in [2.05, 4.69) is 15.0 Å². The highest BCUT2D eigenvalue weighted by molar-refractivity contribution is 7.22. The summed E-state index contributed by atoms with van der Waals surface area (Å²) < 4.78 is 80.0. The normalized spacial score (nSPS) is 11.9. The smallest absolute Gasteiger partial charge is 0.406 e. The second-order valence-corrected chi connectivity index (χ2v) is 8.14. The molecule has 0 saturated heterocycles. The molecule has 0 bridgehead atoms. The van der Waals surface area contributed by atoms with Gasteiger partial charge in [-0.2, -0.15) is 13.2 Å². The highest BCUT2D eigenvalue weighted by Gasteiger charge is 2.32. The maximum absolute atomic E-state index is 12.9. The summed E-state index contributed by atoms with van der Waals surface area (Å²) in [5.74, 6) is -0.417. The summed E-state index contributed by atoms with van der Waals surface area (Å²) in [6.07, 6.45) is -9.35. The number of aromatic nitrogens is 1. The van der Waals surface area contributed by atoms with Crippen molar-refractivity contribution < 1.29 is 35.9 Å². The van der Waals surface area contributed by atoms with E-state index >= 15 is 0 Å². The molecule has 0 saturated carbocycles. The van der Waals surface area contributed by atoms with E-state index in [1.807, 2.05) is 0 Å². The molecule has 3 aromatic rings. The van der Waals surface area contributed by atoms with Gasteiger partial charge in [-0.25, -0.2) is 9.78 Å². The number of rotatable bonds is 6. The molecular weight excluding hydrogens is 510 g/mol. The number of hydrogen-bond donors (Lipinski definition) is 1. The first-order valence-corrected chi connectivity index (χ1v) is 10.2. The van der Waals surface area contributed by atoms with Crippen LogP contribution < -0.4 is 15.0 Å². The molecule has 0 radical (unpaired) electrons. The number of halogens is 7. The van der Waals surface area contributed by atoms with Crippen LogP contribution in [0.3, 0.4) is 0 Å². The van der Waals surface area contributed by atoms with Crippen molar-refractivity contribution in [3.05, 3.63) is 48.0 Å². The number of hydrogen-bond acceptors (Lipinski definition) is 5. The molecule has 0 atom stereocenters. The first-order chi connectivity index (χ1) is 15.3. The fourth-order valence-electron chi connectivity index (χ4n) is 2.72. The lowest BCUT2D eigenvalue weighted by Crippen LogP contribution is -2.39. The summed E-state index contributed by atoms with van der Waals surface area (Å²) in [5.41, 5.74) is -0.348. The quantitative estimate of drug-likeness (QED) is 0.385. The van der Waals surface area contributed by atoms with E-state index in [0.717, 1.165) is 41.7 Å². The van der Waals surface area contributed by atoms with Crippen molar-refractivity contribution in [3.63, 3.8) is 0 Å². The second kappa shape index (κ2) is 10.7. The number of likely N-dealkylation sites (N-methyl/N-ethyl adjacent to an activating group) is 1. The Bertz CT molecular complexity index is 1120. The number of nitrogens with zero attached hydrogens (tertiary/aromatic N) is 3. The molecule has 34 heavy (non-hydrogen) atoms. The third-order valence-corrected chi connectivity index (χ3v) is 5.33. The van der Waals surface area contributed by atoms with E-state index in [0.29, 0.717) is 16.8 Å². The topological polar surface area (TPSA) is 57.7 Å². The molecule has 0 spiro atoms. The Morgan fingerprint density at radius 1 is 1.03 bits per heavy atom. The Morgan fingerprint density at radius 2 is 1.68 bits per heavy atom. The standard InChI is InChI=1S/C20H18F6N4O2S.ClH/c1-29(2)9-10-30(17(31)27-13-5-3-12(4-6-13)19(21,22)23)18-28-15-8-7-14(11-16(15)33-18)32-20(24,25)26;/h3-8,11H,9-10H2,1-2H3,(H,27,31);1H. The Hall–Kier alpha value is -2.77. The van der Waals surface area contributed by atoms with Crippen LogP contribution in [-0.4, -0.2) is 49.5 Å². The zero-order valence-corrected chi connectivity index (χ0v) is 19.3. The second-order valence-electron chi connectivity index (χ2n) is 7.13. The minimum atomic E-state index is -4.85. The van der Waals surface area contributed by atoms with Crippen molar-refractivity contribution in [3.8, 4) is 5.75 Å². The van der Waals surface area contributed by atoms with Crippen LogP contribution >= 0.6 is 23.7 Å². The number of anilines is 2. The maximum atomic E-state index is 12.9. The molecule has 0 aliphatic rings. The van der Waals surface area contributed by atoms with Crippen molar-refractivity contribution in [1.29, 1.82) is 0 Å². The van der Waals surface area contributed by atoms with Crippen LogP contribution in [0.1, 0.15) is 5.56 Å². The summed E-state index contributed by atoms with van der Waals surface area (Å²) in [6, 6.07) is 6.93. The van der Waals surface area contributed by atoms with Crippen LogP contribution in [0.2, 0.25) is 0 Å². The molecule has 0 fully saturated rings. The minimum Gasteiger partial charge on any atom is -0.406 e. The summed E-state index contributed by atoms with van der Waals surface area (Å²) >= 11 is 0.981. The third-order valence-electron chi connectivity index (χ3n) is 4.29. The Balaban J connectivity index is 0.00000408. The van der Waals surface area contributed by atoms with Gasteiger partial charge >= 0.3 is 18.6 Å². The molecule has 1 heterocycles. The average Bonchev–Trinajstić information content (AvgIpc) is 3.09. The number of urea groups is 1. The number of fused-ring (bicyclic) bond motifs is 1. The van der Waals surface area contributed by atoms with E-state index in [9.17, 15) is 31.1 Å². The van der Waals surface area contributed by atoms with Gasteiger partial charge in [-0.05, 0) is 50.5 Å². The van der Waals surface area contributed by atoms with Crippen LogP contribution in [0.25, 0.3) is 10.2 Å². The number of carbonyl (C=O) groups is 1. The van der Waals surface area contributed by atoms with Gasteiger partial charge in [-0.15, -0.1) is 25.6 Å². The summed E-state index contributed by atoms with van der Waals surface area (Å²) in [7, 11) is 3.57. The molecule has 2 aromatic carbocycles. The number of benzene rings is 2. The van der Waals surface area contributed by atoms with Gasteiger partial charge in [0.15, 0.2) is 5.13 Å². The highest BCUT2D eigenvalue weighted by Crippen LogP contribution is 2.34. The van der Waals surface area contributed by atoms with Crippen LogP contribution in [-0.2, 0) is 6.18 Å². The van der Waals surface area contributed by atoms with Crippen molar-refractivity contribution in [2.45, 2.75) is 12.5 Å². The van der Waals surface area contributed by atoms with Crippen LogP contribution in [0, 0.1) is 0 Å². The monoisotopic (exact) mass is 528 g/mol. The Labute approximate surface area is 200 Å². The number of ether oxygens (including phenoxy) is 1. The Kier molecular flexibility index (Phi) is 8.61.